The minimum Gasteiger partial charge on any atom is -0.454 e. The number of carbonyl (C=O) groups is 2. The minimum absolute atomic E-state index is 0.0584. The zero-order valence-corrected chi connectivity index (χ0v) is 18.3. The summed E-state index contributed by atoms with van der Waals surface area (Å²) in [5, 5.41) is 0. The highest BCUT2D eigenvalue weighted by molar-refractivity contribution is 7.89. The third kappa shape index (κ3) is 5.15. The van der Waals surface area contributed by atoms with Gasteiger partial charge < -0.3 is 4.74 Å². The van der Waals surface area contributed by atoms with Crippen molar-refractivity contribution in [1.82, 2.24) is 4.31 Å². The molecule has 30 heavy (non-hydrogen) atoms. The maximum atomic E-state index is 13.1. The summed E-state index contributed by atoms with van der Waals surface area (Å²) in [4.78, 5) is 24.7. The first-order chi connectivity index (χ1) is 14.2. The molecule has 0 spiro atoms. The fraction of sp³-hybridized carbons (Fsp3) is 0.391. The van der Waals surface area contributed by atoms with E-state index < -0.39 is 22.6 Å². The number of sulfonamides is 1. The van der Waals surface area contributed by atoms with Crippen molar-refractivity contribution in [2.24, 2.45) is 11.8 Å². The predicted molar refractivity (Wildman–Crippen MR) is 114 cm³/mol. The van der Waals surface area contributed by atoms with Crippen LogP contribution in [-0.2, 0) is 14.8 Å². The second-order valence-electron chi connectivity index (χ2n) is 8.16. The first-order valence-electron chi connectivity index (χ1n) is 10.0. The number of aryl methyl sites for hydroxylation is 1. The van der Waals surface area contributed by atoms with Gasteiger partial charge in [0.05, 0.1) is 10.5 Å². The van der Waals surface area contributed by atoms with E-state index in [1.165, 1.54) is 28.6 Å². The van der Waals surface area contributed by atoms with Crippen LogP contribution in [-0.4, -0.2) is 44.2 Å². The Kier molecular flexibility index (Phi) is 6.73. The average molecular weight is 430 g/mol. The number of piperidine rings is 1. The lowest BCUT2D eigenvalue weighted by molar-refractivity contribution is 0.0474. The number of rotatable bonds is 6. The quantitative estimate of drug-likeness (QED) is 0.517. The predicted octanol–water partition coefficient (Wildman–Crippen LogP) is 3.70. The number of carbonyl (C=O) groups excluding carboxylic acids is 2. The van der Waals surface area contributed by atoms with E-state index in [4.69, 9.17) is 4.74 Å². The summed E-state index contributed by atoms with van der Waals surface area (Å²) < 4.78 is 32.7. The standard InChI is InChI=1S/C23H27NO5S/c1-16-7-9-19(10-8-16)22(25)15-29-23(26)20-5-4-6-21(12-20)30(27,28)24-13-17(2)11-18(3)14-24/h4-10,12,17-18H,11,13-15H2,1-3H3. The molecular formula is C23H27NO5S. The van der Waals surface area contributed by atoms with Gasteiger partial charge in [-0.05, 0) is 43.4 Å². The highest BCUT2D eigenvalue weighted by Crippen LogP contribution is 2.27. The van der Waals surface area contributed by atoms with Crippen LogP contribution in [0, 0.1) is 18.8 Å². The molecule has 0 amide bonds. The molecule has 0 aromatic heterocycles. The molecule has 1 aliphatic heterocycles. The van der Waals surface area contributed by atoms with Crippen molar-refractivity contribution in [2.75, 3.05) is 19.7 Å². The molecule has 2 aromatic rings. The molecule has 0 N–H and O–H groups in total. The van der Waals surface area contributed by atoms with Crippen molar-refractivity contribution in [3.05, 3.63) is 65.2 Å². The maximum Gasteiger partial charge on any atom is 0.338 e. The smallest absolute Gasteiger partial charge is 0.338 e. The van der Waals surface area contributed by atoms with Gasteiger partial charge in [0.15, 0.2) is 12.4 Å². The number of ether oxygens (including phenoxy) is 1. The summed E-state index contributed by atoms with van der Waals surface area (Å²) in [6.07, 6.45) is 0.993. The Morgan fingerprint density at radius 2 is 1.63 bits per heavy atom. The molecule has 0 bridgehead atoms. The molecule has 1 aliphatic rings. The highest BCUT2D eigenvalue weighted by Gasteiger charge is 2.32. The number of benzene rings is 2. The Labute approximate surface area is 177 Å². The SMILES string of the molecule is Cc1ccc(C(=O)COC(=O)c2cccc(S(=O)(=O)N3CC(C)CC(C)C3)c2)cc1. The first kappa shape index (κ1) is 22.2. The van der Waals surface area contributed by atoms with E-state index in [-0.39, 0.29) is 28.1 Å². The largest absolute Gasteiger partial charge is 0.454 e. The van der Waals surface area contributed by atoms with Crippen molar-refractivity contribution < 1.29 is 22.7 Å². The Balaban J connectivity index is 1.70. The van der Waals surface area contributed by atoms with Gasteiger partial charge in [0.25, 0.3) is 0 Å². The number of nitrogens with zero attached hydrogens (tertiary/aromatic N) is 1. The monoisotopic (exact) mass is 429 g/mol. The molecule has 1 fully saturated rings. The summed E-state index contributed by atoms with van der Waals surface area (Å²) in [6, 6.07) is 12.8. The second kappa shape index (κ2) is 9.10. The number of hydrogen-bond donors (Lipinski definition) is 0. The molecular weight excluding hydrogens is 402 g/mol. The Morgan fingerprint density at radius 1 is 1.00 bits per heavy atom. The third-order valence-corrected chi connectivity index (χ3v) is 7.08. The second-order valence-corrected chi connectivity index (χ2v) is 10.1. The van der Waals surface area contributed by atoms with E-state index in [0.29, 0.717) is 18.7 Å². The van der Waals surface area contributed by atoms with Crippen LogP contribution in [0.4, 0.5) is 0 Å². The fourth-order valence-corrected chi connectivity index (χ4v) is 5.50. The van der Waals surface area contributed by atoms with E-state index >= 15 is 0 Å². The molecule has 7 heteroatoms. The van der Waals surface area contributed by atoms with Crippen LogP contribution in [0.1, 0.15) is 46.5 Å². The Bertz CT molecular complexity index is 1020. The normalized spacial score (nSPS) is 20.0. The van der Waals surface area contributed by atoms with Gasteiger partial charge in [-0.1, -0.05) is 49.7 Å². The van der Waals surface area contributed by atoms with Crippen LogP contribution < -0.4 is 0 Å². The van der Waals surface area contributed by atoms with Gasteiger partial charge in [0.2, 0.25) is 10.0 Å². The molecule has 0 aliphatic carbocycles. The number of hydrogen-bond acceptors (Lipinski definition) is 5. The van der Waals surface area contributed by atoms with Crippen molar-refractivity contribution in [2.45, 2.75) is 32.1 Å². The van der Waals surface area contributed by atoms with Gasteiger partial charge >= 0.3 is 5.97 Å². The first-order valence-corrected chi connectivity index (χ1v) is 11.5. The van der Waals surface area contributed by atoms with E-state index in [2.05, 4.69) is 0 Å². The van der Waals surface area contributed by atoms with Gasteiger partial charge in [-0.3, -0.25) is 4.79 Å². The third-order valence-electron chi connectivity index (χ3n) is 5.25. The summed E-state index contributed by atoms with van der Waals surface area (Å²) in [5.41, 5.74) is 1.59. The van der Waals surface area contributed by atoms with Crippen LogP contribution >= 0.6 is 0 Å². The average Bonchev–Trinajstić information content (AvgIpc) is 2.71. The van der Waals surface area contributed by atoms with Gasteiger partial charge in [-0.25, -0.2) is 13.2 Å². The summed E-state index contributed by atoms with van der Waals surface area (Å²) in [6.45, 7) is 6.52. The minimum atomic E-state index is -3.70. The fourth-order valence-electron chi connectivity index (χ4n) is 3.77. The molecule has 2 aromatic carbocycles. The van der Waals surface area contributed by atoms with Crippen LogP contribution in [0.25, 0.3) is 0 Å². The summed E-state index contributed by atoms with van der Waals surface area (Å²) in [5.74, 6) is -0.481. The zero-order valence-electron chi connectivity index (χ0n) is 17.5. The van der Waals surface area contributed by atoms with Gasteiger partial charge in [-0.15, -0.1) is 0 Å². The van der Waals surface area contributed by atoms with Crippen molar-refractivity contribution in [1.29, 1.82) is 0 Å². The number of ketones is 1. The summed E-state index contributed by atoms with van der Waals surface area (Å²) >= 11 is 0. The van der Waals surface area contributed by atoms with E-state index in [0.717, 1.165) is 12.0 Å². The van der Waals surface area contributed by atoms with Gasteiger partial charge in [0, 0.05) is 18.7 Å². The lowest BCUT2D eigenvalue weighted by atomic mass is 9.94. The molecule has 3 rings (SSSR count). The lowest BCUT2D eigenvalue weighted by Gasteiger charge is -2.34. The lowest BCUT2D eigenvalue weighted by Crippen LogP contribution is -2.42. The van der Waals surface area contributed by atoms with Crippen molar-refractivity contribution in [3.8, 4) is 0 Å². The highest BCUT2D eigenvalue weighted by atomic mass is 32.2. The molecule has 0 saturated carbocycles. The van der Waals surface area contributed by atoms with Crippen molar-refractivity contribution in [3.63, 3.8) is 0 Å². The van der Waals surface area contributed by atoms with E-state index in [9.17, 15) is 18.0 Å². The molecule has 0 radical (unpaired) electrons. The zero-order chi connectivity index (χ0) is 21.9. The van der Waals surface area contributed by atoms with Crippen LogP contribution in [0.15, 0.2) is 53.4 Å². The van der Waals surface area contributed by atoms with Gasteiger partial charge in [0.1, 0.15) is 0 Å². The van der Waals surface area contributed by atoms with Crippen LogP contribution in [0.5, 0.6) is 0 Å². The van der Waals surface area contributed by atoms with Crippen LogP contribution in [0.2, 0.25) is 0 Å². The number of esters is 1. The topological polar surface area (TPSA) is 80.8 Å². The Morgan fingerprint density at radius 3 is 2.27 bits per heavy atom. The number of Topliss-reactive ketones (excluding diaryl/α,β-unsaturated/α-hetero) is 1. The molecule has 2 atom stereocenters. The molecule has 1 heterocycles. The summed E-state index contributed by atoms with van der Waals surface area (Å²) in [7, 11) is -3.70. The van der Waals surface area contributed by atoms with Crippen molar-refractivity contribution >= 4 is 21.8 Å². The molecule has 1 saturated heterocycles. The van der Waals surface area contributed by atoms with E-state index in [1.807, 2.05) is 32.9 Å². The molecule has 2 unspecified atom stereocenters. The Hall–Kier alpha value is -2.51. The maximum absolute atomic E-state index is 13.1. The van der Waals surface area contributed by atoms with Crippen LogP contribution in [0.3, 0.4) is 0 Å². The van der Waals surface area contributed by atoms with Gasteiger partial charge in [-0.2, -0.15) is 4.31 Å². The molecule has 160 valence electrons. The van der Waals surface area contributed by atoms with E-state index in [1.54, 1.807) is 12.1 Å². The molecule has 6 nitrogen and oxygen atoms in total.